The number of aliphatic hydroxyl groups is 1. The van der Waals surface area contributed by atoms with Gasteiger partial charge in [0, 0.05) is 0 Å². The second kappa shape index (κ2) is 5.55. The molecule has 0 aromatic heterocycles. The molecular formula is C11H13F2NO2. The normalized spacial score (nSPS) is 12.2. The van der Waals surface area contributed by atoms with Crippen LogP contribution in [0.15, 0.2) is 18.2 Å². The van der Waals surface area contributed by atoms with Gasteiger partial charge in [-0.15, -0.1) is 0 Å². The second-order valence-corrected chi connectivity index (χ2v) is 3.39. The van der Waals surface area contributed by atoms with Gasteiger partial charge in [0.1, 0.15) is 11.6 Å². The largest absolute Gasteiger partial charge is 0.394 e. The number of aliphatic hydroxyl groups excluding tert-OH is 1. The standard InChI is InChI=1S/C11H13F2NO2/c1-2-8(6-15)14-11(16)9-5-7(12)3-4-10(9)13/h3-5,8,15H,2,6H2,1H3,(H,14,16)/t8-/m0/s1. The van der Waals surface area contributed by atoms with E-state index in [1.165, 1.54) is 0 Å². The number of hydrogen-bond donors (Lipinski definition) is 2. The summed E-state index contributed by atoms with van der Waals surface area (Å²) >= 11 is 0. The van der Waals surface area contributed by atoms with Crippen molar-refractivity contribution in [3.05, 3.63) is 35.4 Å². The molecule has 0 radical (unpaired) electrons. The number of carbonyl (C=O) groups is 1. The Balaban J connectivity index is 2.83. The maximum absolute atomic E-state index is 13.2. The molecule has 0 aliphatic rings. The van der Waals surface area contributed by atoms with Crippen LogP contribution in [0.4, 0.5) is 8.78 Å². The summed E-state index contributed by atoms with van der Waals surface area (Å²) < 4.78 is 26.0. The van der Waals surface area contributed by atoms with Crippen LogP contribution in [0.25, 0.3) is 0 Å². The summed E-state index contributed by atoms with van der Waals surface area (Å²) in [4.78, 5) is 11.5. The third-order valence-electron chi connectivity index (χ3n) is 2.22. The molecular weight excluding hydrogens is 216 g/mol. The summed E-state index contributed by atoms with van der Waals surface area (Å²) in [6, 6.07) is 2.21. The minimum atomic E-state index is -0.785. The number of nitrogens with one attached hydrogen (secondary N) is 1. The van der Waals surface area contributed by atoms with Crippen molar-refractivity contribution in [1.82, 2.24) is 5.32 Å². The molecule has 2 N–H and O–H groups in total. The van der Waals surface area contributed by atoms with Crippen molar-refractivity contribution in [1.29, 1.82) is 0 Å². The van der Waals surface area contributed by atoms with Crippen LogP contribution < -0.4 is 5.32 Å². The van der Waals surface area contributed by atoms with Gasteiger partial charge in [0.05, 0.1) is 18.2 Å². The van der Waals surface area contributed by atoms with Crippen LogP contribution in [0.1, 0.15) is 23.7 Å². The zero-order chi connectivity index (χ0) is 12.1. The molecule has 0 spiro atoms. The molecule has 5 heteroatoms. The number of rotatable bonds is 4. The van der Waals surface area contributed by atoms with E-state index >= 15 is 0 Å². The smallest absolute Gasteiger partial charge is 0.254 e. The van der Waals surface area contributed by atoms with E-state index in [9.17, 15) is 13.6 Å². The van der Waals surface area contributed by atoms with E-state index in [2.05, 4.69) is 5.32 Å². The van der Waals surface area contributed by atoms with Crippen molar-refractivity contribution in [3.8, 4) is 0 Å². The Morgan fingerprint density at radius 3 is 2.75 bits per heavy atom. The van der Waals surface area contributed by atoms with Crippen molar-refractivity contribution in [3.63, 3.8) is 0 Å². The first-order valence-corrected chi connectivity index (χ1v) is 4.95. The van der Waals surface area contributed by atoms with Gasteiger partial charge < -0.3 is 10.4 Å². The minimum absolute atomic E-state index is 0.237. The quantitative estimate of drug-likeness (QED) is 0.821. The fourth-order valence-electron chi connectivity index (χ4n) is 1.21. The topological polar surface area (TPSA) is 49.3 Å². The fourth-order valence-corrected chi connectivity index (χ4v) is 1.21. The van der Waals surface area contributed by atoms with Gasteiger partial charge in [0.2, 0.25) is 0 Å². The number of carbonyl (C=O) groups excluding carboxylic acids is 1. The van der Waals surface area contributed by atoms with Gasteiger partial charge in [-0.05, 0) is 24.6 Å². The van der Waals surface area contributed by atoms with Gasteiger partial charge in [0.15, 0.2) is 0 Å². The lowest BCUT2D eigenvalue weighted by atomic mass is 10.1. The summed E-state index contributed by atoms with van der Waals surface area (Å²) in [6.07, 6.45) is 0.513. The van der Waals surface area contributed by atoms with E-state index < -0.39 is 23.6 Å². The molecule has 0 saturated heterocycles. The first-order chi connectivity index (χ1) is 7.58. The molecule has 1 atom stereocenters. The van der Waals surface area contributed by atoms with E-state index in [1.807, 2.05) is 0 Å². The first-order valence-electron chi connectivity index (χ1n) is 4.95. The minimum Gasteiger partial charge on any atom is -0.394 e. The van der Waals surface area contributed by atoms with Crippen LogP contribution >= 0.6 is 0 Å². The lowest BCUT2D eigenvalue weighted by Crippen LogP contribution is -2.37. The highest BCUT2D eigenvalue weighted by atomic mass is 19.1. The van der Waals surface area contributed by atoms with E-state index in [-0.39, 0.29) is 12.2 Å². The zero-order valence-electron chi connectivity index (χ0n) is 8.84. The maximum atomic E-state index is 13.2. The molecule has 0 heterocycles. The maximum Gasteiger partial charge on any atom is 0.254 e. The highest BCUT2D eigenvalue weighted by Crippen LogP contribution is 2.09. The van der Waals surface area contributed by atoms with Gasteiger partial charge in [-0.1, -0.05) is 6.92 Å². The molecule has 16 heavy (non-hydrogen) atoms. The average molecular weight is 229 g/mol. The number of halogens is 2. The van der Waals surface area contributed by atoms with Gasteiger partial charge in [-0.2, -0.15) is 0 Å². The molecule has 0 fully saturated rings. The van der Waals surface area contributed by atoms with Crippen molar-refractivity contribution < 1.29 is 18.7 Å². The van der Waals surface area contributed by atoms with Crippen molar-refractivity contribution >= 4 is 5.91 Å². The third-order valence-corrected chi connectivity index (χ3v) is 2.22. The Morgan fingerprint density at radius 2 is 2.19 bits per heavy atom. The summed E-state index contributed by atoms with van der Waals surface area (Å²) in [5, 5.41) is 11.3. The van der Waals surface area contributed by atoms with E-state index in [4.69, 9.17) is 5.11 Å². The Morgan fingerprint density at radius 1 is 1.50 bits per heavy atom. The molecule has 0 saturated carbocycles. The van der Waals surface area contributed by atoms with Crippen molar-refractivity contribution in [2.75, 3.05) is 6.61 Å². The van der Waals surface area contributed by atoms with Gasteiger partial charge in [-0.25, -0.2) is 8.78 Å². The van der Waals surface area contributed by atoms with Gasteiger partial charge in [-0.3, -0.25) is 4.79 Å². The molecule has 0 bridgehead atoms. The summed E-state index contributed by atoms with van der Waals surface area (Å²) in [5.74, 6) is -2.19. The van der Waals surface area contributed by atoms with Crippen LogP contribution in [0.5, 0.6) is 0 Å². The SMILES string of the molecule is CC[C@@H](CO)NC(=O)c1cc(F)ccc1F. The summed E-state index contributed by atoms with van der Waals surface area (Å²) in [5.41, 5.74) is -0.355. The second-order valence-electron chi connectivity index (χ2n) is 3.39. The Bertz CT molecular complexity index is 378. The van der Waals surface area contributed by atoms with E-state index in [1.54, 1.807) is 6.92 Å². The fraction of sp³-hybridized carbons (Fsp3) is 0.364. The molecule has 0 aliphatic heterocycles. The zero-order valence-corrected chi connectivity index (χ0v) is 8.84. The monoisotopic (exact) mass is 229 g/mol. The predicted octanol–water partition coefficient (Wildman–Crippen LogP) is 1.47. The van der Waals surface area contributed by atoms with Gasteiger partial charge >= 0.3 is 0 Å². The van der Waals surface area contributed by atoms with Gasteiger partial charge in [0.25, 0.3) is 5.91 Å². The van der Waals surface area contributed by atoms with Crippen molar-refractivity contribution in [2.45, 2.75) is 19.4 Å². The van der Waals surface area contributed by atoms with E-state index in [0.29, 0.717) is 6.42 Å². The van der Waals surface area contributed by atoms with Crippen molar-refractivity contribution in [2.24, 2.45) is 0 Å². The lowest BCUT2D eigenvalue weighted by molar-refractivity contribution is 0.0910. The van der Waals surface area contributed by atoms with Crippen LogP contribution in [0, 0.1) is 11.6 Å². The lowest BCUT2D eigenvalue weighted by Gasteiger charge is -2.14. The van der Waals surface area contributed by atoms with Crippen LogP contribution in [-0.2, 0) is 0 Å². The number of amides is 1. The number of benzene rings is 1. The Kier molecular flexibility index (Phi) is 4.37. The molecule has 88 valence electrons. The average Bonchev–Trinajstić information content (AvgIpc) is 2.28. The molecule has 3 nitrogen and oxygen atoms in total. The predicted molar refractivity (Wildman–Crippen MR) is 55.0 cm³/mol. The highest BCUT2D eigenvalue weighted by molar-refractivity contribution is 5.94. The Hall–Kier alpha value is -1.49. The molecule has 1 rings (SSSR count). The van der Waals surface area contributed by atoms with E-state index in [0.717, 1.165) is 18.2 Å². The van der Waals surface area contributed by atoms with Crippen LogP contribution in [0.3, 0.4) is 0 Å². The third kappa shape index (κ3) is 3.00. The molecule has 1 amide bonds. The molecule has 0 unspecified atom stereocenters. The van der Waals surface area contributed by atoms with Crippen LogP contribution in [-0.4, -0.2) is 23.7 Å². The van der Waals surface area contributed by atoms with Crippen LogP contribution in [0.2, 0.25) is 0 Å². The Labute approximate surface area is 92.1 Å². The summed E-state index contributed by atoms with van der Waals surface area (Å²) in [7, 11) is 0. The highest BCUT2D eigenvalue weighted by Gasteiger charge is 2.15. The first kappa shape index (κ1) is 12.6. The number of hydrogen-bond acceptors (Lipinski definition) is 2. The molecule has 1 aromatic rings. The summed E-state index contributed by atoms with van der Waals surface area (Å²) in [6.45, 7) is 1.53. The molecule has 0 aliphatic carbocycles. The molecule has 1 aromatic carbocycles.